The first-order valence-corrected chi connectivity index (χ1v) is 8.02. The first-order chi connectivity index (χ1) is 11.6. The summed E-state index contributed by atoms with van der Waals surface area (Å²) in [5, 5.41) is 21.4. The van der Waals surface area contributed by atoms with Crippen LogP contribution in [-0.2, 0) is 9.53 Å². The van der Waals surface area contributed by atoms with Crippen LogP contribution in [0.5, 0.6) is 0 Å². The molecule has 1 aromatic carbocycles. The van der Waals surface area contributed by atoms with Gasteiger partial charge in [0.2, 0.25) is 0 Å². The number of rotatable bonds is 3. The van der Waals surface area contributed by atoms with E-state index < -0.39 is 28.8 Å². The minimum atomic E-state index is -1.14. The van der Waals surface area contributed by atoms with Gasteiger partial charge in [-0.1, -0.05) is 0 Å². The largest absolute Gasteiger partial charge is 0.444 e. The van der Waals surface area contributed by atoms with Gasteiger partial charge >= 0.3 is 6.09 Å². The Morgan fingerprint density at radius 1 is 1.36 bits per heavy atom. The van der Waals surface area contributed by atoms with E-state index in [0.717, 1.165) is 0 Å². The Morgan fingerprint density at radius 3 is 2.48 bits per heavy atom. The molecule has 1 aliphatic rings. The van der Waals surface area contributed by atoms with Crippen molar-refractivity contribution in [3.63, 3.8) is 0 Å². The van der Waals surface area contributed by atoms with Crippen LogP contribution in [0.4, 0.5) is 10.5 Å². The molecule has 8 heteroatoms. The van der Waals surface area contributed by atoms with Crippen molar-refractivity contribution in [3.05, 3.63) is 39.9 Å². The van der Waals surface area contributed by atoms with Gasteiger partial charge in [0.1, 0.15) is 11.4 Å². The van der Waals surface area contributed by atoms with Gasteiger partial charge in [0, 0.05) is 31.5 Å². The predicted molar refractivity (Wildman–Crippen MR) is 89.0 cm³/mol. The number of nitro benzene ring substituents is 1. The molecule has 1 aliphatic heterocycles. The summed E-state index contributed by atoms with van der Waals surface area (Å²) >= 11 is 0. The highest BCUT2D eigenvalue weighted by Crippen LogP contribution is 2.29. The van der Waals surface area contributed by atoms with Crippen molar-refractivity contribution in [2.75, 3.05) is 6.54 Å². The maximum atomic E-state index is 12.4. The maximum absolute atomic E-state index is 12.4. The van der Waals surface area contributed by atoms with Gasteiger partial charge in [-0.15, -0.1) is 0 Å². The number of carbonyl (C=O) groups is 2. The lowest BCUT2D eigenvalue weighted by molar-refractivity contribution is -0.384. The molecule has 0 aromatic heterocycles. The average Bonchev–Trinajstić information content (AvgIpc) is 2.52. The third-order valence-electron chi connectivity index (χ3n) is 3.91. The minimum absolute atomic E-state index is 0.0113. The van der Waals surface area contributed by atoms with E-state index in [-0.39, 0.29) is 30.9 Å². The Bertz CT molecular complexity index is 665. The summed E-state index contributed by atoms with van der Waals surface area (Å²) in [7, 11) is 0. The number of hydrogen-bond acceptors (Lipinski definition) is 6. The van der Waals surface area contributed by atoms with Crippen molar-refractivity contribution in [2.45, 2.75) is 51.4 Å². The number of benzene rings is 1. The number of amides is 1. The van der Waals surface area contributed by atoms with Gasteiger partial charge < -0.3 is 14.7 Å². The minimum Gasteiger partial charge on any atom is -0.444 e. The van der Waals surface area contributed by atoms with Crippen LogP contribution in [0, 0.1) is 10.1 Å². The molecule has 0 spiro atoms. The zero-order chi connectivity index (χ0) is 18.8. The van der Waals surface area contributed by atoms with Crippen LogP contribution in [0.15, 0.2) is 24.3 Å². The van der Waals surface area contributed by atoms with E-state index in [9.17, 15) is 24.8 Å². The van der Waals surface area contributed by atoms with Crippen LogP contribution in [-0.4, -0.2) is 45.0 Å². The van der Waals surface area contributed by atoms with Crippen LogP contribution in [0.3, 0.4) is 0 Å². The van der Waals surface area contributed by atoms with Gasteiger partial charge in [0.05, 0.1) is 17.1 Å². The van der Waals surface area contributed by atoms with E-state index in [1.54, 1.807) is 20.8 Å². The predicted octanol–water partition coefficient (Wildman–Crippen LogP) is 2.60. The molecule has 2 rings (SSSR count). The zero-order valence-corrected chi connectivity index (χ0v) is 14.5. The highest BCUT2D eigenvalue weighted by Gasteiger charge is 2.38. The van der Waals surface area contributed by atoms with Crippen LogP contribution >= 0.6 is 0 Å². The summed E-state index contributed by atoms with van der Waals surface area (Å²) in [6.45, 7) is 5.38. The van der Waals surface area contributed by atoms with Gasteiger partial charge in [-0.05, 0) is 38.5 Å². The van der Waals surface area contributed by atoms with Crippen molar-refractivity contribution >= 4 is 17.6 Å². The number of Topliss-reactive ketones (excluding diaryl/α,β-unsaturated/α-hetero) is 1. The summed E-state index contributed by atoms with van der Waals surface area (Å²) in [6.07, 6.45) is -1.51. The average molecular weight is 350 g/mol. The number of carbonyl (C=O) groups excluding carboxylic acids is 2. The van der Waals surface area contributed by atoms with Crippen molar-refractivity contribution in [1.29, 1.82) is 0 Å². The van der Waals surface area contributed by atoms with E-state index in [2.05, 4.69) is 0 Å². The fraction of sp³-hybridized carbons (Fsp3) is 0.529. The van der Waals surface area contributed by atoms with Crippen LogP contribution in [0.2, 0.25) is 0 Å². The number of aliphatic hydroxyl groups excluding tert-OH is 1. The van der Waals surface area contributed by atoms with E-state index >= 15 is 0 Å². The normalized spacial score (nSPS) is 19.4. The maximum Gasteiger partial charge on any atom is 0.410 e. The number of aliphatic hydroxyl groups is 1. The van der Waals surface area contributed by atoms with Gasteiger partial charge in [-0.2, -0.15) is 0 Å². The van der Waals surface area contributed by atoms with Crippen molar-refractivity contribution in [2.24, 2.45) is 0 Å². The van der Waals surface area contributed by atoms with Gasteiger partial charge in [0.15, 0.2) is 0 Å². The molecular formula is C17H22N2O6. The van der Waals surface area contributed by atoms with Crippen molar-refractivity contribution < 1.29 is 24.4 Å². The topological polar surface area (TPSA) is 110 Å². The SMILES string of the molecule is CC(C)(C)OC(=O)N1CCC(=O)C[C@H]1[C@@H](O)c1ccc([N+](=O)[O-])cc1. The highest BCUT2D eigenvalue weighted by atomic mass is 16.6. The molecule has 1 saturated heterocycles. The van der Waals surface area contributed by atoms with Crippen LogP contribution in [0.1, 0.15) is 45.3 Å². The molecule has 0 unspecified atom stereocenters. The molecule has 0 saturated carbocycles. The molecule has 1 amide bonds. The number of nitrogens with zero attached hydrogens (tertiary/aromatic N) is 2. The van der Waals surface area contributed by atoms with Crippen molar-refractivity contribution in [3.8, 4) is 0 Å². The fourth-order valence-electron chi connectivity index (χ4n) is 2.70. The van der Waals surface area contributed by atoms with Crippen molar-refractivity contribution in [1.82, 2.24) is 4.90 Å². The molecule has 136 valence electrons. The molecule has 1 N–H and O–H groups in total. The van der Waals surface area contributed by atoms with Crippen LogP contribution < -0.4 is 0 Å². The van der Waals surface area contributed by atoms with E-state index in [4.69, 9.17) is 4.74 Å². The number of hydrogen-bond donors (Lipinski definition) is 1. The monoisotopic (exact) mass is 350 g/mol. The number of ketones is 1. The Morgan fingerprint density at radius 2 is 1.96 bits per heavy atom. The molecule has 1 aromatic rings. The molecule has 0 aliphatic carbocycles. The quantitative estimate of drug-likeness (QED) is 0.663. The molecule has 1 fully saturated rings. The lowest BCUT2D eigenvalue weighted by Crippen LogP contribution is -2.50. The second kappa shape index (κ2) is 7.18. The van der Waals surface area contributed by atoms with E-state index in [1.165, 1.54) is 29.2 Å². The van der Waals surface area contributed by atoms with E-state index in [1.807, 2.05) is 0 Å². The molecule has 0 bridgehead atoms. The number of ether oxygens (including phenoxy) is 1. The van der Waals surface area contributed by atoms with Gasteiger partial charge in [-0.3, -0.25) is 14.9 Å². The highest BCUT2D eigenvalue weighted by molar-refractivity contribution is 5.82. The molecule has 8 nitrogen and oxygen atoms in total. The standard InChI is InChI=1S/C17H22N2O6/c1-17(2,3)25-16(22)18-9-8-13(20)10-14(18)15(21)11-4-6-12(7-5-11)19(23)24/h4-7,14-15,21H,8-10H2,1-3H3/t14-,15-/m0/s1. The lowest BCUT2D eigenvalue weighted by atomic mass is 9.92. The first kappa shape index (κ1) is 18.9. The molecular weight excluding hydrogens is 328 g/mol. The fourth-order valence-corrected chi connectivity index (χ4v) is 2.70. The Labute approximate surface area is 145 Å². The number of non-ortho nitro benzene ring substituents is 1. The lowest BCUT2D eigenvalue weighted by Gasteiger charge is -2.38. The zero-order valence-electron chi connectivity index (χ0n) is 14.5. The van der Waals surface area contributed by atoms with Gasteiger partial charge in [-0.25, -0.2) is 4.79 Å². The summed E-state index contributed by atoms with van der Waals surface area (Å²) in [4.78, 5) is 35.8. The molecule has 25 heavy (non-hydrogen) atoms. The number of nitro groups is 1. The van der Waals surface area contributed by atoms with Crippen LogP contribution in [0.25, 0.3) is 0 Å². The number of piperidine rings is 1. The molecule has 1 heterocycles. The second-order valence-electron chi connectivity index (χ2n) is 7.03. The Balaban J connectivity index is 2.22. The van der Waals surface area contributed by atoms with Gasteiger partial charge in [0.25, 0.3) is 5.69 Å². The van der Waals surface area contributed by atoms with E-state index in [0.29, 0.717) is 5.56 Å². The third-order valence-corrected chi connectivity index (χ3v) is 3.91. The summed E-state index contributed by atoms with van der Waals surface area (Å²) in [5.41, 5.74) is -0.389. The molecule has 2 atom stereocenters. The first-order valence-electron chi connectivity index (χ1n) is 8.02. The molecule has 0 radical (unpaired) electrons. The summed E-state index contributed by atoms with van der Waals surface area (Å²) in [5.74, 6) is -0.0502. The summed E-state index contributed by atoms with van der Waals surface area (Å²) in [6, 6.07) is 4.64. The third kappa shape index (κ3) is 4.76. The summed E-state index contributed by atoms with van der Waals surface area (Å²) < 4.78 is 5.35. The Hall–Kier alpha value is -2.48. The number of likely N-dealkylation sites (tertiary alicyclic amines) is 1. The Kier molecular flexibility index (Phi) is 5.42. The second-order valence-corrected chi connectivity index (χ2v) is 7.03. The smallest absolute Gasteiger partial charge is 0.410 e.